The van der Waals surface area contributed by atoms with E-state index in [1.165, 1.54) is 12.7 Å². The zero-order valence-electron chi connectivity index (χ0n) is 17.5. The van der Waals surface area contributed by atoms with Crippen LogP contribution in [-0.4, -0.2) is 33.1 Å². The second-order valence-corrected chi connectivity index (χ2v) is 7.95. The quantitative estimate of drug-likeness (QED) is 0.555. The second-order valence-electron chi connectivity index (χ2n) is 7.95. The molecule has 3 aromatic rings. The summed E-state index contributed by atoms with van der Waals surface area (Å²) in [6.07, 6.45) is 9.52. The van der Waals surface area contributed by atoms with E-state index < -0.39 is 5.97 Å². The molecule has 2 N–H and O–H groups in total. The average Bonchev–Trinajstić information content (AvgIpc) is 2.80. The minimum Gasteiger partial charge on any atom is -0.481 e. The number of hydrogen-bond donors (Lipinski definition) is 2. The summed E-state index contributed by atoms with van der Waals surface area (Å²) in [6, 6.07) is 12.9. The molecule has 0 aliphatic heterocycles. The number of pyridine rings is 1. The molecule has 1 aliphatic carbocycles. The fraction of sp³-hybridized carbons (Fsp3) is 0.333. The van der Waals surface area contributed by atoms with Gasteiger partial charge in [0.2, 0.25) is 0 Å². The molecule has 1 aliphatic rings. The SMILES string of the molecule is COc1ncc(Nc2ccc(-c3ccc(C4CCC(CC(=O)O)CC4)cc3)nc2)cn1. The van der Waals surface area contributed by atoms with Crippen molar-refractivity contribution in [2.75, 3.05) is 12.4 Å². The van der Waals surface area contributed by atoms with Gasteiger partial charge in [0, 0.05) is 12.0 Å². The summed E-state index contributed by atoms with van der Waals surface area (Å²) in [4.78, 5) is 23.6. The molecule has 0 spiro atoms. The van der Waals surface area contributed by atoms with Gasteiger partial charge in [-0.1, -0.05) is 24.3 Å². The Morgan fingerprint density at radius 2 is 1.65 bits per heavy atom. The van der Waals surface area contributed by atoms with Crippen molar-refractivity contribution >= 4 is 17.3 Å². The number of anilines is 2. The number of ether oxygens (including phenoxy) is 1. The van der Waals surface area contributed by atoms with Gasteiger partial charge in [0.05, 0.1) is 42.8 Å². The fourth-order valence-corrected chi connectivity index (χ4v) is 4.16. The van der Waals surface area contributed by atoms with Gasteiger partial charge in [-0.3, -0.25) is 9.78 Å². The van der Waals surface area contributed by atoms with Crippen molar-refractivity contribution in [3.8, 4) is 17.3 Å². The monoisotopic (exact) mass is 418 g/mol. The highest BCUT2D eigenvalue weighted by Gasteiger charge is 2.23. The number of rotatable bonds is 7. The summed E-state index contributed by atoms with van der Waals surface area (Å²) >= 11 is 0. The summed E-state index contributed by atoms with van der Waals surface area (Å²) in [7, 11) is 1.53. The Morgan fingerprint density at radius 3 is 2.23 bits per heavy atom. The van der Waals surface area contributed by atoms with Gasteiger partial charge in [0.1, 0.15) is 0 Å². The van der Waals surface area contributed by atoms with E-state index in [-0.39, 0.29) is 0 Å². The molecule has 0 radical (unpaired) electrons. The average molecular weight is 418 g/mol. The highest BCUT2D eigenvalue weighted by molar-refractivity contribution is 5.67. The van der Waals surface area contributed by atoms with Crippen LogP contribution >= 0.6 is 0 Å². The Balaban J connectivity index is 1.36. The molecule has 0 amide bonds. The van der Waals surface area contributed by atoms with Crippen LogP contribution in [0.25, 0.3) is 11.3 Å². The number of aromatic nitrogens is 3. The Bertz CT molecular complexity index is 997. The number of carboxylic acid groups (broad SMARTS) is 1. The number of hydrogen-bond acceptors (Lipinski definition) is 6. The summed E-state index contributed by atoms with van der Waals surface area (Å²) in [5.74, 6) is 0.165. The van der Waals surface area contributed by atoms with Crippen LogP contribution in [0.3, 0.4) is 0 Å². The van der Waals surface area contributed by atoms with Crippen molar-refractivity contribution in [3.05, 3.63) is 60.6 Å². The molecule has 1 aromatic carbocycles. The number of carbonyl (C=O) groups is 1. The van der Waals surface area contributed by atoms with Crippen molar-refractivity contribution in [2.24, 2.45) is 5.92 Å². The molecule has 0 saturated heterocycles. The van der Waals surface area contributed by atoms with E-state index in [0.717, 1.165) is 48.3 Å². The Kier molecular flexibility index (Phi) is 6.40. The first-order valence-corrected chi connectivity index (χ1v) is 10.5. The maximum atomic E-state index is 10.9. The predicted octanol–water partition coefficient (Wildman–Crippen LogP) is 5.04. The maximum Gasteiger partial charge on any atom is 0.316 e. The van der Waals surface area contributed by atoms with Crippen molar-refractivity contribution in [3.63, 3.8) is 0 Å². The fourth-order valence-electron chi connectivity index (χ4n) is 4.16. The molecule has 2 heterocycles. The second kappa shape index (κ2) is 9.55. The topological polar surface area (TPSA) is 97.2 Å². The number of nitrogens with one attached hydrogen (secondary N) is 1. The largest absolute Gasteiger partial charge is 0.481 e. The first-order chi connectivity index (χ1) is 15.1. The summed E-state index contributed by atoms with van der Waals surface area (Å²) in [5, 5.41) is 12.2. The number of benzene rings is 1. The lowest BCUT2D eigenvalue weighted by Crippen LogP contribution is -2.16. The lowest BCUT2D eigenvalue weighted by atomic mass is 9.77. The van der Waals surface area contributed by atoms with Crippen molar-refractivity contribution in [1.82, 2.24) is 15.0 Å². The van der Waals surface area contributed by atoms with E-state index in [9.17, 15) is 4.79 Å². The molecule has 4 rings (SSSR count). The summed E-state index contributed by atoms with van der Waals surface area (Å²) in [5.41, 5.74) is 4.93. The summed E-state index contributed by atoms with van der Waals surface area (Å²) in [6.45, 7) is 0. The van der Waals surface area contributed by atoms with E-state index in [2.05, 4.69) is 44.5 Å². The van der Waals surface area contributed by atoms with E-state index in [1.54, 1.807) is 18.6 Å². The standard InChI is InChI=1S/C24H26N4O3/c1-31-24-26-14-21(15-27-24)28-20-10-11-22(25-13-20)19-8-6-18(7-9-19)17-4-2-16(3-5-17)12-23(29)30/h6-11,13-17,28H,2-5,12H2,1H3,(H,29,30). The lowest BCUT2D eigenvalue weighted by molar-refractivity contribution is -0.138. The number of carboxylic acids is 1. The molecular formula is C24H26N4O3. The van der Waals surface area contributed by atoms with Gasteiger partial charge in [-0.05, 0) is 55.2 Å². The van der Waals surface area contributed by atoms with Crippen LogP contribution in [-0.2, 0) is 4.79 Å². The number of nitrogens with zero attached hydrogens (tertiary/aromatic N) is 3. The van der Waals surface area contributed by atoms with Gasteiger partial charge in [0.25, 0.3) is 0 Å². The minimum atomic E-state index is -0.682. The van der Waals surface area contributed by atoms with Gasteiger partial charge < -0.3 is 15.2 Å². The Labute approximate surface area is 181 Å². The maximum absolute atomic E-state index is 10.9. The van der Waals surface area contributed by atoms with Crippen molar-refractivity contribution < 1.29 is 14.6 Å². The molecule has 7 nitrogen and oxygen atoms in total. The van der Waals surface area contributed by atoms with Crippen LogP contribution < -0.4 is 10.1 Å². The van der Waals surface area contributed by atoms with E-state index in [0.29, 0.717) is 24.3 Å². The van der Waals surface area contributed by atoms with Gasteiger partial charge in [-0.2, -0.15) is 0 Å². The van der Waals surface area contributed by atoms with Crippen molar-refractivity contribution in [2.45, 2.75) is 38.0 Å². The van der Waals surface area contributed by atoms with E-state index >= 15 is 0 Å². The third-order valence-corrected chi connectivity index (χ3v) is 5.85. The lowest BCUT2D eigenvalue weighted by Gasteiger charge is -2.28. The summed E-state index contributed by atoms with van der Waals surface area (Å²) < 4.78 is 4.97. The molecule has 160 valence electrons. The van der Waals surface area contributed by atoms with Crippen LogP contribution in [0.4, 0.5) is 11.4 Å². The van der Waals surface area contributed by atoms with Gasteiger partial charge in [-0.25, -0.2) is 9.97 Å². The highest BCUT2D eigenvalue weighted by Crippen LogP contribution is 2.37. The molecule has 0 unspecified atom stereocenters. The molecule has 0 bridgehead atoms. The zero-order valence-corrected chi connectivity index (χ0v) is 17.5. The molecule has 1 saturated carbocycles. The number of aliphatic carboxylic acids is 1. The van der Waals surface area contributed by atoms with Gasteiger partial charge in [-0.15, -0.1) is 0 Å². The third-order valence-electron chi connectivity index (χ3n) is 5.85. The Hall–Kier alpha value is -3.48. The number of methoxy groups -OCH3 is 1. The molecule has 31 heavy (non-hydrogen) atoms. The minimum absolute atomic E-state index is 0.299. The van der Waals surface area contributed by atoms with E-state index in [1.807, 2.05) is 12.1 Å². The van der Waals surface area contributed by atoms with Gasteiger partial charge >= 0.3 is 12.0 Å². The van der Waals surface area contributed by atoms with Crippen LogP contribution in [0.5, 0.6) is 6.01 Å². The first-order valence-electron chi connectivity index (χ1n) is 10.5. The highest BCUT2D eigenvalue weighted by atomic mass is 16.5. The third kappa shape index (κ3) is 5.36. The first kappa shape index (κ1) is 20.8. The molecule has 2 aromatic heterocycles. The van der Waals surface area contributed by atoms with Gasteiger partial charge in [0.15, 0.2) is 0 Å². The van der Waals surface area contributed by atoms with Crippen LogP contribution in [0.15, 0.2) is 55.0 Å². The molecule has 7 heteroatoms. The zero-order chi connectivity index (χ0) is 21.6. The van der Waals surface area contributed by atoms with Crippen LogP contribution in [0.2, 0.25) is 0 Å². The predicted molar refractivity (Wildman–Crippen MR) is 118 cm³/mol. The normalized spacial score (nSPS) is 18.4. The van der Waals surface area contributed by atoms with Crippen LogP contribution in [0.1, 0.15) is 43.6 Å². The molecular weight excluding hydrogens is 392 g/mol. The molecule has 0 atom stereocenters. The smallest absolute Gasteiger partial charge is 0.316 e. The van der Waals surface area contributed by atoms with Crippen LogP contribution in [0, 0.1) is 5.92 Å². The van der Waals surface area contributed by atoms with E-state index in [4.69, 9.17) is 9.84 Å². The van der Waals surface area contributed by atoms with Crippen molar-refractivity contribution in [1.29, 1.82) is 0 Å². The molecule has 1 fully saturated rings. The Morgan fingerprint density at radius 1 is 0.968 bits per heavy atom.